The highest BCUT2D eigenvalue weighted by Crippen LogP contribution is 2.20. The van der Waals surface area contributed by atoms with Gasteiger partial charge in [0.2, 0.25) is 0 Å². The lowest BCUT2D eigenvalue weighted by Gasteiger charge is -2.07. The molecule has 3 nitrogen and oxygen atoms in total. The van der Waals surface area contributed by atoms with Crippen LogP contribution in [0.5, 0.6) is 0 Å². The van der Waals surface area contributed by atoms with Crippen LogP contribution in [0.3, 0.4) is 0 Å². The lowest BCUT2D eigenvalue weighted by atomic mass is 10.1. The molecule has 0 radical (unpaired) electrons. The van der Waals surface area contributed by atoms with Crippen LogP contribution < -0.4 is 5.32 Å². The van der Waals surface area contributed by atoms with E-state index in [1.54, 1.807) is 0 Å². The average Bonchev–Trinajstić information content (AvgIpc) is 2.56. The highest BCUT2D eigenvalue weighted by atomic mass is 15.0. The zero-order chi connectivity index (χ0) is 10.8. The van der Waals surface area contributed by atoms with Gasteiger partial charge in [0.1, 0.15) is 5.65 Å². The number of hydrogen-bond acceptors (Lipinski definition) is 2. The molecular formula is C12H17N3. The fourth-order valence-electron chi connectivity index (χ4n) is 1.97. The van der Waals surface area contributed by atoms with Crippen molar-refractivity contribution < 1.29 is 0 Å². The Kier molecular flexibility index (Phi) is 2.73. The van der Waals surface area contributed by atoms with Crippen LogP contribution in [0, 0.1) is 0 Å². The van der Waals surface area contributed by atoms with Gasteiger partial charge in [0.05, 0.1) is 5.69 Å². The number of pyridine rings is 1. The number of hydrogen-bond donors (Lipinski definition) is 1. The molecule has 0 unspecified atom stereocenters. The topological polar surface area (TPSA) is 29.3 Å². The van der Waals surface area contributed by atoms with Gasteiger partial charge in [0.15, 0.2) is 0 Å². The van der Waals surface area contributed by atoms with E-state index < -0.39 is 0 Å². The minimum atomic E-state index is 0.491. The maximum atomic E-state index is 4.62. The van der Waals surface area contributed by atoms with Gasteiger partial charge in [-0.25, -0.2) is 4.98 Å². The summed E-state index contributed by atoms with van der Waals surface area (Å²) in [5.41, 5.74) is 3.49. The second-order valence-corrected chi connectivity index (χ2v) is 4.06. The van der Waals surface area contributed by atoms with E-state index in [9.17, 15) is 0 Å². The van der Waals surface area contributed by atoms with E-state index in [0.29, 0.717) is 5.92 Å². The number of nitrogens with one attached hydrogen (secondary N) is 1. The smallest absolute Gasteiger partial charge is 0.137 e. The molecule has 0 saturated carbocycles. The van der Waals surface area contributed by atoms with Crippen molar-refractivity contribution in [3.8, 4) is 0 Å². The molecule has 2 heterocycles. The lowest BCUT2D eigenvalue weighted by molar-refractivity contribution is 0.740. The van der Waals surface area contributed by atoms with Crippen molar-refractivity contribution >= 4 is 5.65 Å². The molecule has 0 saturated heterocycles. The third-order valence-electron chi connectivity index (χ3n) is 2.53. The van der Waals surface area contributed by atoms with E-state index in [1.807, 2.05) is 25.2 Å². The first-order valence-corrected chi connectivity index (χ1v) is 5.34. The van der Waals surface area contributed by atoms with Gasteiger partial charge in [0, 0.05) is 18.4 Å². The number of aromatic nitrogens is 2. The van der Waals surface area contributed by atoms with Crippen molar-refractivity contribution in [2.24, 2.45) is 0 Å². The molecule has 80 valence electrons. The van der Waals surface area contributed by atoms with Crippen LogP contribution in [-0.2, 0) is 6.54 Å². The molecule has 2 rings (SSSR count). The Morgan fingerprint density at radius 1 is 1.40 bits per heavy atom. The van der Waals surface area contributed by atoms with Gasteiger partial charge in [-0.3, -0.25) is 0 Å². The predicted octanol–water partition coefficient (Wildman–Crippen LogP) is 2.18. The van der Waals surface area contributed by atoms with Crippen molar-refractivity contribution in [3.05, 3.63) is 35.8 Å². The Labute approximate surface area is 90.1 Å². The fraction of sp³-hybridized carbons (Fsp3) is 0.417. The molecule has 15 heavy (non-hydrogen) atoms. The molecule has 0 aromatic carbocycles. The van der Waals surface area contributed by atoms with Gasteiger partial charge < -0.3 is 9.72 Å². The third kappa shape index (κ3) is 1.75. The van der Waals surface area contributed by atoms with Crippen LogP contribution in [0.25, 0.3) is 5.65 Å². The van der Waals surface area contributed by atoms with Crippen molar-refractivity contribution in [2.75, 3.05) is 7.05 Å². The van der Waals surface area contributed by atoms with Crippen LogP contribution >= 0.6 is 0 Å². The quantitative estimate of drug-likeness (QED) is 0.828. The first-order chi connectivity index (χ1) is 7.24. The minimum absolute atomic E-state index is 0.491. The van der Waals surface area contributed by atoms with Gasteiger partial charge in [-0.1, -0.05) is 19.9 Å². The minimum Gasteiger partial charge on any atom is -0.314 e. The van der Waals surface area contributed by atoms with E-state index in [1.165, 1.54) is 5.69 Å². The van der Waals surface area contributed by atoms with E-state index >= 15 is 0 Å². The highest BCUT2D eigenvalue weighted by molar-refractivity contribution is 5.43. The molecular weight excluding hydrogens is 186 g/mol. The summed E-state index contributed by atoms with van der Waals surface area (Å²) in [6.45, 7) is 5.24. The maximum absolute atomic E-state index is 4.62. The summed E-state index contributed by atoms with van der Waals surface area (Å²) in [7, 11) is 1.95. The summed E-state index contributed by atoms with van der Waals surface area (Å²) < 4.78 is 2.18. The molecule has 0 aliphatic heterocycles. The number of imidazole rings is 1. The molecule has 2 aromatic heterocycles. The monoisotopic (exact) mass is 203 g/mol. The molecule has 0 aliphatic carbocycles. The van der Waals surface area contributed by atoms with E-state index in [2.05, 4.69) is 34.7 Å². The Bertz CT molecular complexity index is 457. The summed E-state index contributed by atoms with van der Waals surface area (Å²) in [5.74, 6) is 0.491. The van der Waals surface area contributed by atoms with E-state index in [4.69, 9.17) is 0 Å². The van der Waals surface area contributed by atoms with Gasteiger partial charge >= 0.3 is 0 Å². The predicted molar refractivity (Wildman–Crippen MR) is 62.0 cm³/mol. The molecule has 1 N–H and O–H groups in total. The van der Waals surface area contributed by atoms with Crippen molar-refractivity contribution in [2.45, 2.75) is 26.3 Å². The molecule has 0 atom stereocenters. The summed E-state index contributed by atoms with van der Waals surface area (Å²) in [4.78, 5) is 4.62. The normalized spacial score (nSPS) is 11.5. The Hall–Kier alpha value is -1.35. The molecule has 0 spiro atoms. The zero-order valence-electron chi connectivity index (χ0n) is 9.49. The van der Waals surface area contributed by atoms with Crippen LogP contribution in [0.1, 0.15) is 31.2 Å². The lowest BCUT2D eigenvalue weighted by Crippen LogP contribution is -2.09. The van der Waals surface area contributed by atoms with Gasteiger partial charge in [-0.15, -0.1) is 0 Å². The second kappa shape index (κ2) is 4.03. The standard InChI is InChI=1S/C12H17N3/c1-9(2)12-10(8-13-3)14-11-6-4-5-7-15(11)12/h4-7,9,13H,8H2,1-3H3. The number of fused-ring (bicyclic) bond motifs is 1. The molecule has 2 aromatic rings. The van der Waals surface area contributed by atoms with Gasteiger partial charge in [-0.2, -0.15) is 0 Å². The maximum Gasteiger partial charge on any atom is 0.137 e. The first kappa shape index (κ1) is 10.2. The number of rotatable bonds is 3. The van der Waals surface area contributed by atoms with Crippen molar-refractivity contribution in [3.63, 3.8) is 0 Å². The van der Waals surface area contributed by atoms with Gasteiger partial charge in [0.25, 0.3) is 0 Å². The van der Waals surface area contributed by atoms with E-state index in [0.717, 1.165) is 17.9 Å². The average molecular weight is 203 g/mol. The summed E-state index contributed by atoms with van der Waals surface area (Å²) in [5, 5.41) is 3.16. The summed E-state index contributed by atoms with van der Waals surface area (Å²) in [6.07, 6.45) is 2.08. The van der Waals surface area contributed by atoms with Crippen LogP contribution in [0.15, 0.2) is 24.4 Å². The van der Waals surface area contributed by atoms with Crippen LogP contribution in [0.4, 0.5) is 0 Å². The Balaban J connectivity index is 2.63. The van der Waals surface area contributed by atoms with E-state index in [-0.39, 0.29) is 0 Å². The molecule has 0 aliphatic rings. The van der Waals surface area contributed by atoms with Gasteiger partial charge in [-0.05, 0) is 25.1 Å². The van der Waals surface area contributed by atoms with Crippen molar-refractivity contribution in [1.82, 2.24) is 14.7 Å². The SMILES string of the molecule is CNCc1nc2ccccn2c1C(C)C. The van der Waals surface area contributed by atoms with Crippen molar-refractivity contribution in [1.29, 1.82) is 0 Å². The molecule has 0 bridgehead atoms. The molecule has 0 amide bonds. The first-order valence-electron chi connectivity index (χ1n) is 5.34. The highest BCUT2D eigenvalue weighted by Gasteiger charge is 2.13. The fourth-order valence-corrected chi connectivity index (χ4v) is 1.97. The van der Waals surface area contributed by atoms with Crippen LogP contribution in [0.2, 0.25) is 0 Å². The number of nitrogens with zero attached hydrogens (tertiary/aromatic N) is 2. The molecule has 0 fully saturated rings. The largest absolute Gasteiger partial charge is 0.314 e. The summed E-state index contributed by atoms with van der Waals surface area (Å²) >= 11 is 0. The Morgan fingerprint density at radius 2 is 2.20 bits per heavy atom. The Morgan fingerprint density at radius 3 is 2.87 bits per heavy atom. The third-order valence-corrected chi connectivity index (χ3v) is 2.53. The summed E-state index contributed by atoms with van der Waals surface area (Å²) in [6, 6.07) is 6.12. The zero-order valence-corrected chi connectivity index (χ0v) is 9.49. The molecule has 3 heteroatoms. The second-order valence-electron chi connectivity index (χ2n) is 4.06. The van der Waals surface area contributed by atoms with Crippen LogP contribution in [-0.4, -0.2) is 16.4 Å².